The molecule has 1 saturated heterocycles. The Bertz CT molecular complexity index is 1190. The van der Waals surface area contributed by atoms with Gasteiger partial charge in [-0.1, -0.05) is 24.3 Å². The summed E-state index contributed by atoms with van der Waals surface area (Å²) in [5.41, 5.74) is 10.7. The molecule has 4 rings (SSSR count). The lowest BCUT2D eigenvalue weighted by Gasteiger charge is -2.34. The van der Waals surface area contributed by atoms with Crippen LogP contribution in [0.4, 0.5) is 11.5 Å². The summed E-state index contributed by atoms with van der Waals surface area (Å²) in [5, 5.41) is 12.5. The van der Waals surface area contributed by atoms with Crippen molar-refractivity contribution in [1.82, 2.24) is 14.9 Å². The van der Waals surface area contributed by atoms with Crippen molar-refractivity contribution in [3.63, 3.8) is 0 Å². The standard InChI is InChI=1S/C27H31N7O/c1-33(2)18-20-5-3-19(4-6-20)13-23-14-25(24(17-30-23)27(29)35)32-22-9-11-34(12-10-22)26-8-7-21(15-28)16-31-26/h3-8,14,16-17,22H,9-13,18H2,1-2H3,(H2,29,35)(H,30,32). The van der Waals surface area contributed by atoms with E-state index in [-0.39, 0.29) is 6.04 Å². The van der Waals surface area contributed by atoms with Gasteiger partial charge in [0.2, 0.25) is 0 Å². The average molecular weight is 470 g/mol. The number of primary amides is 1. The quantitative estimate of drug-likeness (QED) is 0.521. The van der Waals surface area contributed by atoms with E-state index in [1.807, 2.05) is 12.1 Å². The Morgan fingerprint density at radius 2 is 1.83 bits per heavy atom. The van der Waals surface area contributed by atoms with Crippen LogP contribution >= 0.6 is 0 Å². The summed E-state index contributed by atoms with van der Waals surface area (Å²) in [6, 6.07) is 16.5. The molecule has 3 heterocycles. The Kier molecular flexibility index (Phi) is 7.58. The van der Waals surface area contributed by atoms with Gasteiger partial charge in [-0.2, -0.15) is 5.26 Å². The molecule has 1 fully saturated rings. The SMILES string of the molecule is CN(C)Cc1ccc(Cc2cc(NC3CCN(c4ccc(C#N)cn4)CC3)c(C(N)=O)cn2)cc1. The number of carbonyl (C=O) groups excluding carboxylic acids is 1. The normalized spacial score (nSPS) is 14.1. The zero-order valence-corrected chi connectivity index (χ0v) is 20.2. The smallest absolute Gasteiger partial charge is 0.252 e. The molecule has 8 nitrogen and oxygen atoms in total. The molecule has 1 aliphatic rings. The minimum absolute atomic E-state index is 0.211. The number of amides is 1. The minimum atomic E-state index is -0.487. The van der Waals surface area contributed by atoms with E-state index in [1.54, 1.807) is 18.5 Å². The topological polar surface area (TPSA) is 111 Å². The number of nitrogens with zero attached hydrogens (tertiary/aromatic N) is 5. The molecule has 1 amide bonds. The van der Waals surface area contributed by atoms with Gasteiger partial charge in [-0.05, 0) is 56.3 Å². The molecular formula is C27H31N7O. The van der Waals surface area contributed by atoms with E-state index in [1.165, 1.54) is 11.1 Å². The first-order valence-corrected chi connectivity index (χ1v) is 11.8. The lowest BCUT2D eigenvalue weighted by atomic mass is 10.0. The Hall–Kier alpha value is -3.96. The molecular weight excluding hydrogens is 438 g/mol. The van der Waals surface area contributed by atoms with Crippen LogP contribution in [0.15, 0.2) is 54.9 Å². The van der Waals surface area contributed by atoms with E-state index < -0.39 is 5.91 Å². The fraction of sp³-hybridized carbons (Fsp3) is 0.333. The van der Waals surface area contributed by atoms with Gasteiger partial charge in [-0.15, -0.1) is 0 Å². The van der Waals surface area contributed by atoms with Crippen molar-refractivity contribution in [2.75, 3.05) is 37.4 Å². The van der Waals surface area contributed by atoms with Gasteiger partial charge in [0.25, 0.3) is 5.91 Å². The molecule has 0 unspecified atom stereocenters. The van der Waals surface area contributed by atoms with Crippen molar-refractivity contribution in [3.8, 4) is 6.07 Å². The number of hydrogen-bond acceptors (Lipinski definition) is 7. The Morgan fingerprint density at radius 1 is 1.11 bits per heavy atom. The maximum Gasteiger partial charge on any atom is 0.252 e. The highest BCUT2D eigenvalue weighted by molar-refractivity contribution is 5.98. The summed E-state index contributed by atoms with van der Waals surface area (Å²) in [7, 11) is 4.11. The summed E-state index contributed by atoms with van der Waals surface area (Å²) in [6.45, 7) is 2.57. The number of carbonyl (C=O) groups is 1. The van der Waals surface area contributed by atoms with Crippen LogP contribution in [0.5, 0.6) is 0 Å². The molecule has 3 aromatic rings. The van der Waals surface area contributed by atoms with Crippen molar-refractivity contribution in [2.45, 2.75) is 31.8 Å². The molecule has 35 heavy (non-hydrogen) atoms. The molecule has 8 heteroatoms. The van der Waals surface area contributed by atoms with Crippen LogP contribution in [0, 0.1) is 11.3 Å². The van der Waals surface area contributed by atoms with Crippen molar-refractivity contribution >= 4 is 17.4 Å². The molecule has 1 aromatic carbocycles. The number of nitrogens with two attached hydrogens (primary N) is 1. The fourth-order valence-electron chi connectivity index (χ4n) is 4.36. The second-order valence-corrected chi connectivity index (χ2v) is 9.24. The number of hydrogen-bond donors (Lipinski definition) is 2. The number of aromatic nitrogens is 2. The molecule has 2 aromatic heterocycles. The predicted molar refractivity (Wildman–Crippen MR) is 137 cm³/mol. The van der Waals surface area contributed by atoms with Crippen molar-refractivity contribution in [1.29, 1.82) is 5.26 Å². The third-order valence-corrected chi connectivity index (χ3v) is 6.19. The number of pyridine rings is 2. The zero-order chi connectivity index (χ0) is 24.8. The lowest BCUT2D eigenvalue weighted by Crippen LogP contribution is -2.39. The summed E-state index contributed by atoms with van der Waals surface area (Å²) in [4.78, 5) is 25.3. The largest absolute Gasteiger partial charge is 0.381 e. The van der Waals surface area contributed by atoms with Crippen LogP contribution in [-0.2, 0) is 13.0 Å². The number of nitriles is 1. The van der Waals surface area contributed by atoms with Crippen LogP contribution in [-0.4, -0.2) is 54.0 Å². The summed E-state index contributed by atoms with van der Waals surface area (Å²) in [6.07, 6.45) is 5.65. The third kappa shape index (κ3) is 6.34. The number of anilines is 2. The highest BCUT2D eigenvalue weighted by Gasteiger charge is 2.22. The van der Waals surface area contributed by atoms with Gasteiger partial charge >= 0.3 is 0 Å². The molecule has 0 spiro atoms. The summed E-state index contributed by atoms with van der Waals surface area (Å²) < 4.78 is 0. The summed E-state index contributed by atoms with van der Waals surface area (Å²) in [5.74, 6) is 0.391. The number of benzene rings is 1. The van der Waals surface area contributed by atoms with E-state index in [4.69, 9.17) is 11.0 Å². The summed E-state index contributed by atoms with van der Waals surface area (Å²) >= 11 is 0. The van der Waals surface area contributed by atoms with Crippen LogP contribution in [0.3, 0.4) is 0 Å². The van der Waals surface area contributed by atoms with Crippen LogP contribution in [0.2, 0.25) is 0 Å². The molecule has 0 saturated carbocycles. The van der Waals surface area contributed by atoms with Crippen LogP contribution in [0.1, 0.15) is 45.6 Å². The Labute approximate surface area is 206 Å². The van der Waals surface area contributed by atoms with E-state index >= 15 is 0 Å². The molecule has 0 aliphatic carbocycles. The highest BCUT2D eigenvalue weighted by atomic mass is 16.1. The van der Waals surface area contributed by atoms with Crippen LogP contribution in [0.25, 0.3) is 0 Å². The maximum absolute atomic E-state index is 12.0. The van der Waals surface area contributed by atoms with Crippen molar-refractivity contribution in [2.24, 2.45) is 5.73 Å². The van der Waals surface area contributed by atoms with Gasteiger partial charge in [0.15, 0.2) is 0 Å². The second-order valence-electron chi connectivity index (χ2n) is 9.24. The van der Waals surface area contributed by atoms with Gasteiger partial charge in [0.1, 0.15) is 11.9 Å². The highest BCUT2D eigenvalue weighted by Crippen LogP contribution is 2.24. The van der Waals surface area contributed by atoms with Gasteiger partial charge < -0.3 is 20.9 Å². The van der Waals surface area contributed by atoms with Crippen LogP contribution < -0.4 is 16.0 Å². The number of piperidine rings is 1. The number of nitrogens with one attached hydrogen (secondary N) is 1. The first-order valence-electron chi connectivity index (χ1n) is 11.8. The average Bonchev–Trinajstić information content (AvgIpc) is 2.85. The second kappa shape index (κ2) is 11.0. The van der Waals surface area contributed by atoms with E-state index in [0.717, 1.165) is 49.7 Å². The first-order chi connectivity index (χ1) is 16.9. The third-order valence-electron chi connectivity index (χ3n) is 6.19. The Balaban J connectivity index is 1.41. The van der Waals surface area contributed by atoms with Crippen molar-refractivity contribution < 1.29 is 4.79 Å². The van der Waals surface area contributed by atoms with Gasteiger partial charge in [0, 0.05) is 50.2 Å². The van der Waals surface area contributed by atoms with E-state index in [2.05, 4.69) is 69.5 Å². The molecule has 0 atom stereocenters. The Morgan fingerprint density at radius 3 is 2.43 bits per heavy atom. The molecule has 180 valence electrons. The van der Waals surface area contributed by atoms with Crippen molar-refractivity contribution in [3.05, 3.63) is 82.8 Å². The molecule has 1 aliphatic heterocycles. The van der Waals surface area contributed by atoms with E-state index in [0.29, 0.717) is 17.5 Å². The fourth-order valence-corrected chi connectivity index (χ4v) is 4.36. The monoisotopic (exact) mass is 469 g/mol. The van der Waals surface area contributed by atoms with Gasteiger partial charge in [-0.3, -0.25) is 9.78 Å². The molecule has 3 N–H and O–H groups in total. The van der Waals surface area contributed by atoms with Gasteiger partial charge in [0.05, 0.1) is 16.8 Å². The van der Waals surface area contributed by atoms with E-state index in [9.17, 15) is 4.79 Å². The lowest BCUT2D eigenvalue weighted by molar-refractivity contribution is 0.100. The number of rotatable bonds is 8. The predicted octanol–water partition coefficient (Wildman–Crippen LogP) is 3.18. The maximum atomic E-state index is 12.0. The van der Waals surface area contributed by atoms with Gasteiger partial charge in [-0.25, -0.2) is 4.98 Å². The first kappa shape index (κ1) is 24.2. The zero-order valence-electron chi connectivity index (χ0n) is 20.2. The molecule has 0 radical (unpaired) electrons. The minimum Gasteiger partial charge on any atom is -0.381 e. The molecule has 0 bridgehead atoms.